The molecule has 0 spiro atoms. The molecule has 0 saturated heterocycles. The Balaban J connectivity index is 1.93. The molecule has 0 aliphatic carbocycles. The van der Waals surface area contributed by atoms with E-state index in [0.717, 1.165) is 6.07 Å². The van der Waals surface area contributed by atoms with Crippen molar-refractivity contribution < 1.29 is 33.3 Å². The first-order chi connectivity index (χ1) is 15.4. The highest BCUT2D eigenvalue weighted by molar-refractivity contribution is 6.30. The maximum atomic E-state index is 14.6. The molecule has 178 valence electrons. The van der Waals surface area contributed by atoms with Crippen molar-refractivity contribution in [3.05, 3.63) is 52.8 Å². The van der Waals surface area contributed by atoms with Gasteiger partial charge in [0.2, 0.25) is 0 Å². The van der Waals surface area contributed by atoms with E-state index in [-0.39, 0.29) is 29.4 Å². The van der Waals surface area contributed by atoms with Gasteiger partial charge in [-0.05, 0) is 51.1 Å². The third-order valence-corrected chi connectivity index (χ3v) is 4.78. The van der Waals surface area contributed by atoms with Gasteiger partial charge in [0.15, 0.2) is 11.5 Å². The summed E-state index contributed by atoms with van der Waals surface area (Å²) in [5, 5.41) is 8.97. The zero-order valence-corrected chi connectivity index (χ0v) is 19.3. The molecule has 1 aliphatic heterocycles. The second-order valence-corrected chi connectivity index (χ2v) is 8.80. The van der Waals surface area contributed by atoms with Crippen LogP contribution in [-0.4, -0.2) is 36.0 Å². The molecule has 3 N–H and O–H groups in total. The van der Waals surface area contributed by atoms with E-state index in [1.165, 1.54) is 17.0 Å². The fourth-order valence-electron chi connectivity index (χ4n) is 3.23. The largest absolute Gasteiger partial charge is 0.464 e. The number of benzene rings is 2. The van der Waals surface area contributed by atoms with Crippen LogP contribution in [0.1, 0.15) is 33.3 Å². The van der Waals surface area contributed by atoms with E-state index in [4.69, 9.17) is 30.9 Å². The Morgan fingerprint density at radius 3 is 2.61 bits per heavy atom. The number of nitrogens with zero attached hydrogens (tertiary/aromatic N) is 1. The lowest BCUT2D eigenvalue weighted by atomic mass is 10.1. The number of carboxylic acid groups (broad SMARTS) is 1. The smallest absolute Gasteiger partial charge is 0.419 e. The maximum Gasteiger partial charge on any atom is 0.419 e. The summed E-state index contributed by atoms with van der Waals surface area (Å²) in [5.41, 5.74) is 4.18. The van der Waals surface area contributed by atoms with Gasteiger partial charge < -0.3 is 19.3 Å². The molecular formula is C22H25ClFN3O6. The number of anilines is 1. The third-order valence-electron chi connectivity index (χ3n) is 4.54. The van der Waals surface area contributed by atoms with Crippen molar-refractivity contribution in [3.8, 4) is 11.5 Å². The fourth-order valence-corrected chi connectivity index (χ4v) is 3.38. The number of halogens is 2. The third kappa shape index (κ3) is 5.77. The van der Waals surface area contributed by atoms with Crippen LogP contribution in [0.5, 0.6) is 11.5 Å². The lowest BCUT2D eigenvalue weighted by Gasteiger charge is -2.28. The Bertz CT molecular complexity index is 1060. The minimum Gasteiger partial charge on any atom is -0.464 e. The summed E-state index contributed by atoms with van der Waals surface area (Å²) in [5.74, 6) is -1.59. The van der Waals surface area contributed by atoms with Crippen LogP contribution in [0.2, 0.25) is 5.02 Å². The van der Waals surface area contributed by atoms with Gasteiger partial charge in [0, 0.05) is 25.0 Å². The number of rotatable bonds is 6. The second-order valence-electron chi connectivity index (χ2n) is 8.37. The van der Waals surface area contributed by atoms with Crippen molar-refractivity contribution in [2.24, 2.45) is 0 Å². The van der Waals surface area contributed by atoms with Crippen LogP contribution in [0, 0.1) is 5.82 Å². The number of amides is 2. The van der Waals surface area contributed by atoms with Crippen LogP contribution in [0.3, 0.4) is 0 Å². The van der Waals surface area contributed by atoms with Gasteiger partial charge in [-0.15, -0.1) is 0 Å². The van der Waals surface area contributed by atoms with Crippen molar-refractivity contribution in [3.63, 3.8) is 0 Å². The normalized spacial score (nSPS) is 16.9. The molecule has 2 aromatic carbocycles. The number of carbonyl (C=O) groups is 2. The molecule has 9 nitrogen and oxygen atoms in total. The molecule has 1 unspecified atom stereocenters. The Morgan fingerprint density at radius 2 is 1.97 bits per heavy atom. The second kappa shape index (κ2) is 9.32. The molecule has 3 rings (SSSR count). The van der Waals surface area contributed by atoms with Crippen molar-refractivity contribution >= 4 is 29.5 Å². The number of ether oxygens (including phenoxy) is 3. The summed E-state index contributed by atoms with van der Waals surface area (Å²) >= 11 is 5.87. The standard InChI is InChI=1S/C22H25ClFN3O6/c1-21(2,3)33-20(30)27(11-10-25-26-19(28)29)16-6-5-7-17-18(16)32-22(4,31-17)14-9-8-13(23)12-15(14)24/h5-9,12,25-26H,10-11H2,1-4H3,(H,28,29). The van der Waals surface area contributed by atoms with E-state index < -0.39 is 29.4 Å². The van der Waals surface area contributed by atoms with Gasteiger partial charge in [0.25, 0.3) is 5.79 Å². The Labute approximate surface area is 195 Å². The molecule has 2 amide bonds. The molecule has 0 aromatic heterocycles. The molecule has 0 saturated carbocycles. The van der Waals surface area contributed by atoms with Crippen molar-refractivity contribution in [1.82, 2.24) is 10.9 Å². The summed E-state index contributed by atoms with van der Waals surface area (Å²) in [6, 6.07) is 9.07. The van der Waals surface area contributed by atoms with Crippen molar-refractivity contribution in [1.29, 1.82) is 0 Å². The first-order valence-electron chi connectivity index (χ1n) is 10.1. The van der Waals surface area contributed by atoms with Gasteiger partial charge in [0.1, 0.15) is 11.4 Å². The first-order valence-corrected chi connectivity index (χ1v) is 10.5. The summed E-state index contributed by atoms with van der Waals surface area (Å²) in [6.07, 6.45) is -1.94. The highest BCUT2D eigenvalue weighted by atomic mass is 35.5. The quantitative estimate of drug-likeness (QED) is 0.407. The fraction of sp³-hybridized carbons (Fsp3) is 0.364. The SMILES string of the molecule is CC(C)(C)OC(=O)N(CCNNC(=O)O)c1cccc2c1OC(C)(c1ccc(Cl)cc1F)O2. The molecule has 2 aromatic rings. The van der Waals surface area contributed by atoms with Crippen LogP contribution < -0.4 is 25.2 Å². The minimum atomic E-state index is -1.50. The van der Waals surface area contributed by atoms with E-state index in [1.807, 2.05) is 5.43 Å². The Kier molecular flexibility index (Phi) is 6.89. The lowest BCUT2D eigenvalue weighted by molar-refractivity contribution is -0.0705. The average molecular weight is 482 g/mol. The number of hydrazine groups is 1. The maximum absolute atomic E-state index is 14.6. The van der Waals surface area contributed by atoms with E-state index in [2.05, 4.69) is 5.43 Å². The molecule has 0 bridgehead atoms. The van der Waals surface area contributed by atoms with Crippen LogP contribution >= 0.6 is 11.6 Å². The first kappa shape index (κ1) is 24.4. The summed E-state index contributed by atoms with van der Waals surface area (Å²) in [7, 11) is 0. The molecule has 0 fully saturated rings. The minimum absolute atomic E-state index is 0.0288. The van der Waals surface area contributed by atoms with Gasteiger partial charge in [-0.2, -0.15) is 0 Å². The van der Waals surface area contributed by atoms with Crippen molar-refractivity contribution in [2.45, 2.75) is 39.1 Å². The van der Waals surface area contributed by atoms with Gasteiger partial charge >= 0.3 is 12.2 Å². The molecule has 1 atom stereocenters. The summed E-state index contributed by atoms with van der Waals surface area (Å²) in [4.78, 5) is 25.0. The summed E-state index contributed by atoms with van der Waals surface area (Å²) in [6.45, 7) is 6.83. The van der Waals surface area contributed by atoms with E-state index in [1.54, 1.807) is 45.9 Å². The number of hydrogen-bond donors (Lipinski definition) is 3. The lowest BCUT2D eigenvalue weighted by Crippen LogP contribution is -2.44. The van der Waals surface area contributed by atoms with Crippen LogP contribution in [0.4, 0.5) is 19.7 Å². The zero-order chi connectivity index (χ0) is 24.4. The van der Waals surface area contributed by atoms with Gasteiger partial charge in [-0.25, -0.2) is 19.4 Å². The van der Waals surface area contributed by atoms with Gasteiger partial charge in [-0.3, -0.25) is 10.3 Å². The van der Waals surface area contributed by atoms with Crippen molar-refractivity contribution in [2.75, 3.05) is 18.0 Å². The molecule has 1 heterocycles. The molecule has 33 heavy (non-hydrogen) atoms. The monoisotopic (exact) mass is 481 g/mol. The predicted molar refractivity (Wildman–Crippen MR) is 119 cm³/mol. The number of hydrogen-bond acceptors (Lipinski definition) is 6. The van der Waals surface area contributed by atoms with E-state index in [0.29, 0.717) is 11.4 Å². The average Bonchev–Trinajstić information content (AvgIpc) is 3.03. The zero-order valence-electron chi connectivity index (χ0n) is 18.6. The summed E-state index contributed by atoms with van der Waals surface area (Å²) < 4.78 is 32.1. The molecule has 1 aliphatic rings. The molecular weight excluding hydrogens is 457 g/mol. The number of carbonyl (C=O) groups excluding carboxylic acids is 1. The van der Waals surface area contributed by atoms with Crippen LogP contribution in [-0.2, 0) is 10.5 Å². The Morgan fingerprint density at radius 1 is 1.24 bits per heavy atom. The predicted octanol–water partition coefficient (Wildman–Crippen LogP) is 4.64. The highest BCUT2D eigenvalue weighted by Crippen LogP contribution is 2.49. The topological polar surface area (TPSA) is 109 Å². The van der Waals surface area contributed by atoms with Crippen LogP contribution in [0.25, 0.3) is 0 Å². The van der Waals surface area contributed by atoms with Gasteiger partial charge in [0.05, 0.1) is 11.3 Å². The van der Waals surface area contributed by atoms with E-state index >= 15 is 0 Å². The Hall–Kier alpha value is -3.24. The molecule has 11 heteroatoms. The highest BCUT2D eigenvalue weighted by Gasteiger charge is 2.43. The van der Waals surface area contributed by atoms with Gasteiger partial charge in [-0.1, -0.05) is 17.7 Å². The molecule has 0 radical (unpaired) electrons. The number of fused-ring (bicyclic) bond motifs is 1. The number of nitrogens with one attached hydrogen (secondary N) is 2. The number of para-hydroxylation sites is 1. The van der Waals surface area contributed by atoms with E-state index in [9.17, 15) is 14.0 Å². The van der Waals surface area contributed by atoms with Crippen LogP contribution in [0.15, 0.2) is 36.4 Å².